The number of ether oxygens (including phenoxy) is 1. The predicted octanol–water partition coefficient (Wildman–Crippen LogP) is 7.14. The highest BCUT2D eigenvalue weighted by Crippen LogP contribution is 2.44. The van der Waals surface area contributed by atoms with Crippen molar-refractivity contribution in [3.8, 4) is 5.75 Å². The number of aliphatic hydroxyl groups excluding tert-OH is 1. The van der Waals surface area contributed by atoms with Crippen LogP contribution in [0, 0.1) is 6.92 Å². The van der Waals surface area contributed by atoms with E-state index >= 15 is 0 Å². The molecule has 0 radical (unpaired) electrons. The Morgan fingerprint density at radius 1 is 1.05 bits per heavy atom. The number of aromatic nitrogens is 1. The summed E-state index contributed by atoms with van der Waals surface area (Å²) >= 11 is 1.36. The smallest absolute Gasteiger partial charge is 0.301 e. The number of aliphatic hydroxyl groups is 1. The first-order valence-corrected chi connectivity index (χ1v) is 13.6. The topological polar surface area (TPSA) is 79.7 Å². The Hall–Kier alpha value is -3.97. The van der Waals surface area contributed by atoms with Gasteiger partial charge in [0.1, 0.15) is 11.5 Å². The Morgan fingerprint density at radius 3 is 2.42 bits per heavy atom. The van der Waals surface area contributed by atoms with Crippen molar-refractivity contribution in [1.29, 1.82) is 0 Å². The molecule has 7 heteroatoms. The summed E-state index contributed by atoms with van der Waals surface area (Å²) in [4.78, 5) is 33.1. The van der Waals surface area contributed by atoms with Crippen LogP contribution >= 0.6 is 11.3 Å². The van der Waals surface area contributed by atoms with Gasteiger partial charge in [-0.15, -0.1) is 0 Å². The molecule has 1 aromatic heterocycles. The largest absolute Gasteiger partial charge is 0.507 e. The number of thiazole rings is 1. The molecule has 0 aliphatic carbocycles. The molecule has 1 amide bonds. The van der Waals surface area contributed by atoms with Gasteiger partial charge >= 0.3 is 5.91 Å². The molecular formula is C31H30N2O4S. The van der Waals surface area contributed by atoms with Crippen molar-refractivity contribution in [2.24, 2.45) is 0 Å². The van der Waals surface area contributed by atoms with E-state index in [1.165, 1.54) is 16.2 Å². The van der Waals surface area contributed by atoms with E-state index in [0.717, 1.165) is 33.3 Å². The molecule has 0 saturated carbocycles. The van der Waals surface area contributed by atoms with E-state index < -0.39 is 17.7 Å². The van der Waals surface area contributed by atoms with Gasteiger partial charge in [-0.25, -0.2) is 4.98 Å². The van der Waals surface area contributed by atoms with Gasteiger partial charge in [-0.2, -0.15) is 0 Å². The first-order valence-electron chi connectivity index (χ1n) is 12.8. The van der Waals surface area contributed by atoms with Crippen molar-refractivity contribution in [1.82, 2.24) is 4.98 Å². The van der Waals surface area contributed by atoms with E-state index in [9.17, 15) is 14.7 Å². The highest BCUT2D eigenvalue weighted by Gasteiger charge is 2.48. The molecule has 5 rings (SSSR count). The molecular weight excluding hydrogens is 496 g/mol. The van der Waals surface area contributed by atoms with Gasteiger partial charge in [-0.1, -0.05) is 62.4 Å². The van der Waals surface area contributed by atoms with Crippen molar-refractivity contribution in [2.75, 3.05) is 11.5 Å². The van der Waals surface area contributed by atoms with Crippen LogP contribution in [0.1, 0.15) is 61.4 Å². The van der Waals surface area contributed by atoms with Gasteiger partial charge in [0, 0.05) is 5.56 Å². The Balaban J connectivity index is 1.65. The second-order valence-electron chi connectivity index (χ2n) is 9.83. The molecule has 0 bridgehead atoms. The van der Waals surface area contributed by atoms with E-state index in [0.29, 0.717) is 29.0 Å². The number of ketones is 1. The Bertz CT molecular complexity index is 1530. The molecule has 1 atom stereocenters. The Kier molecular flexibility index (Phi) is 7.04. The third kappa shape index (κ3) is 4.70. The molecule has 1 N–H and O–H groups in total. The number of carbonyl (C=O) groups is 2. The van der Waals surface area contributed by atoms with Crippen LogP contribution in [0.3, 0.4) is 0 Å². The fraction of sp³-hybridized carbons (Fsp3) is 0.258. The lowest BCUT2D eigenvalue weighted by Crippen LogP contribution is -2.29. The monoisotopic (exact) mass is 526 g/mol. The van der Waals surface area contributed by atoms with Crippen LogP contribution in [0.4, 0.5) is 5.13 Å². The summed E-state index contributed by atoms with van der Waals surface area (Å²) in [6, 6.07) is 19.8. The molecule has 4 aromatic rings. The number of aryl methyl sites for hydroxylation is 1. The standard InChI is InChI=1S/C31H30N2O4S/c1-5-16-37-23-13-11-22(12-14-23)28(34)26-27(21-9-7-20(8-10-21)18(2)3)33(30(36)29(26)35)31-32-24-15-6-19(4)17-25(24)38-31/h6-15,17-18,27,34H,5,16H2,1-4H3. The molecule has 38 heavy (non-hydrogen) atoms. The quantitative estimate of drug-likeness (QED) is 0.157. The third-order valence-corrected chi connectivity index (χ3v) is 7.72. The average molecular weight is 527 g/mol. The number of nitrogens with zero attached hydrogens (tertiary/aromatic N) is 2. The number of amides is 1. The first-order chi connectivity index (χ1) is 18.3. The van der Waals surface area contributed by atoms with Crippen molar-refractivity contribution >= 4 is 44.1 Å². The molecule has 1 fully saturated rings. The number of carbonyl (C=O) groups excluding carboxylic acids is 2. The van der Waals surface area contributed by atoms with Crippen LogP contribution in [0.2, 0.25) is 0 Å². The minimum absolute atomic E-state index is 0.0463. The van der Waals surface area contributed by atoms with Crippen molar-refractivity contribution in [3.63, 3.8) is 0 Å². The zero-order chi connectivity index (χ0) is 27.0. The summed E-state index contributed by atoms with van der Waals surface area (Å²) in [5.74, 6) is -0.654. The molecule has 2 heterocycles. The molecule has 0 spiro atoms. The molecule has 1 unspecified atom stereocenters. The van der Waals surface area contributed by atoms with E-state index in [4.69, 9.17) is 9.72 Å². The van der Waals surface area contributed by atoms with Crippen molar-refractivity contribution < 1.29 is 19.4 Å². The number of Topliss-reactive ketones (excluding diaryl/α,β-unsaturated/α-hetero) is 1. The van der Waals surface area contributed by atoms with Gasteiger partial charge in [0.05, 0.1) is 28.4 Å². The summed E-state index contributed by atoms with van der Waals surface area (Å²) in [6.45, 7) is 8.83. The highest BCUT2D eigenvalue weighted by atomic mass is 32.1. The number of rotatable bonds is 7. The van der Waals surface area contributed by atoms with Gasteiger partial charge < -0.3 is 9.84 Å². The lowest BCUT2D eigenvalue weighted by atomic mass is 9.93. The van der Waals surface area contributed by atoms with Crippen LogP contribution < -0.4 is 9.64 Å². The van der Waals surface area contributed by atoms with E-state index in [-0.39, 0.29) is 11.3 Å². The maximum Gasteiger partial charge on any atom is 0.301 e. The van der Waals surface area contributed by atoms with Gasteiger partial charge in [0.15, 0.2) is 5.13 Å². The summed E-state index contributed by atoms with van der Waals surface area (Å²) < 4.78 is 6.58. The zero-order valence-electron chi connectivity index (χ0n) is 21.9. The minimum Gasteiger partial charge on any atom is -0.507 e. The summed E-state index contributed by atoms with van der Waals surface area (Å²) in [7, 11) is 0. The highest BCUT2D eigenvalue weighted by molar-refractivity contribution is 7.22. The maximum absolute atomic E-state index is 13.5. The second-order valence-corrected chi connectivity index (χ2v) is 10.8. The molecule has 1 aliphatic rings. The van der Waals surface area contributed by atoms with Crippen LogP contribution in [0.25, 0.3) is 16.0 Å². The van der Waals surface area contributed by atoms with Crippen LogP contribution in [0.15, 0.2) is 72.3 Å². The summed E-state index contributed by atoms with van der Waals surface area (Å²) in [5.41, 5.74) is 4.20. The first kappa shape index (κ1) is 25.7. The molecule has 1 aliphatic heterocycles. The van der Waals surface area contributed by atoms with E-state index in [1.54, 1.807) is 24.3 Å². The maximum atomic E-state index is 13.5. The predicted molar refractivity (Wildman–Crippen MR) is 152 cm³/mol. The lowest BCUT2D eigenvalue weighted by molar-refractivity contribution is -0.132. The normalized spacial score (nSPS) is 17.1. The SMILES string of the molecule is CCCOc1ccc(C(O)=C2C(=O)C(=O)N(c3nc4ccc(C)cc4s3)C2c2ccc(C(C)C)cc2)cc1. The Labute approximate surface area is 226 Å². The van der Waals surface area contributed by atoms with Gasteiger partial charge in [-0.3, -0.25) is 14.5 Å². The van der Waals surface area contributed by atoms with Crippen LogP contribution in [-0.4, -0.2) is 28.4 Å². The average Bonchev–Trinajstić information content (AvgIpc) is 3.44. The van der Waals surface area contributed by atoms with E-state index in [1.807, 2.05) is 56.3 Å². The van der Waals surface area contributed by atoms with E-state index in [2.05, 4.69) is 13.8 Å². The number of anilines is 1. The Morgan fingerprint density at radius 2 is 1.76 bits per heavy atom. The number of hydrogen-bond acceptors (Lipinski definition) is 6. The molecule has 6 nitrogen and oxygen atoms in total. The second kappa shape index (κ2) is 10.4. The fourth-order valence-electron chi connectivity index (χ4n) is 4.62. The van der Waals surface area contributed by atoms with Gasteiger partial charge in [0.2, 0.25) is 0 Å². The fourth-order valence-corrected chi connectivity index (χ4v) is 5.71. The molecule has 194 valence electrons. The van der Waals surface area contributed by atoms with Crippen molar-refractivity contribution in [2.45, 2.75) is 46.1 Å². The van der Waals surface area contributed by atoms with Gasteiger partial charge in [-0.05, 0) is 72.4 Å². The number of fused-ring (bicyclic) bond motifs is 1. The van der Waals surface area contributed by atoms with Crippen molar-refractivity contribution in [3.05, 3.63) is 94.6 Å². The van der Waals surface area contributed by atoms with Crippen LogP contribution in [-0.2, 0) is 9.59 Å². The summed E-state index contributed by atoms with van der Waals surface area (Å²) in [5, 5.41) is 11.8. The summed E-state index contributed by atoms with van der Waals surface area (Å²) in [6.07, 6.45) is 0.881. The molecule has 3 aromatic carbocycles. The number of hydrogen-bond donors (Lipinski definition) is 1. The molecule has 1 saturated heterocycles. The zero-order valence-corrected chi connectivity index (χ0v) is 22.7. The van der Waals surface area contributed by atoms with Crippen LogP contribution in [0.5, 0.6) is 5.75 Å². The lowest BCUT2D eigenvalue weighted by Gasteiger charge is -2.23. The third-order valence-electron chi connectivity index (χ3n) is 6.70. The minimum atomic E-state index is -0.811. The van der Waals surface area contributed by atoms with Gasteiger partial charge in [0.25, 0.3) is 5.78 Å². The number of benzene rings is 3.